The van der Waals surface area contributed by atoms with Crippen molar-refractivity contribution >= 4 is 0 Å². The van der Waals surface area contributed by atoms with Crippen molar-refractivity contribution in [2.45, 2.75) is 44.2 Å². The molecule has 1 aliphatic rings. The third-order valence-corrected chi connectivity index (χ3v) is 3.46. The van der Waals surface area contributed by atoms with Gasteiger partial charge in [0, 0.05) is 33.2 Å². The van der Waals surface area contributed by atoms with E-state index in [0.29, 0.717) is 24.9 Å². The summed E-state index contributed by atoms with van der Waals surface area (Å²) >= 11 is 0. The first-order chi connectivity index (χ1) is 8.72. The second-order valence-electron chi connectivity index (χ2n) is 4.66. The molecule has 2 heterocycles. The molecular formula is C12H21N3O3. The lowest BCUT2D eigenvalue weighted by Crippen LogP contribution is -2.36. The fourth-order valence-corrected chi connectivity index (χ4v) is 2.23. The van der Waals surface area contributed by atoms with Gasteiger partial charge in [0.2, 0.25) is 11.7 Å². The number of hydrogen-bond donors (Lipinski definition) is 1. The summed E-state index contributed by atoms with van der Waals surface area (Å²) in [5.41, 5.74) is 5.49. The molecule has 1 aromatic heterocycles. The molecule has 1 fully saturated rings. The molecule has 2 N–H and O–H groups in total. The zero-order chi connectivity index (χ0) is 13.0. The van der Waals surface area contributed by atoms with Crippen molar-refractivity contribution in [3.63, 3.8) is 0 Å². The third-order valence-electron chi connectivity index (χ3n) is 3.46. The molecule has 0 unspecified atom stereocenters. The number of nitrogens with two attached hydrogens (primary N) is 1. The van der Waals surface area contributed by atoms with Crippen LogP contribution >= 0.6 is 0 Å². The molecule has 6 heteroatoms. The minimum atomic E-state index is -0.480. The number of methoxy groups -OCH3 is 1. The van der Waals surface area contributed by atoms with E-state index in [1.54, 1.807) is 7.11 Å². The number of aromatic nitrogens is 2. The van der Waals surface area contributed by atoms with Crippen molar-refractivity contribution < 1.29 is 14.0 Å². The molecule has 1 saturated heterocycles. The van der Waals surface area contributed by atoms with Gasteiger partial charge in [0.1, 0.15) is 5.60 Å². The zero-order valence-electron chi connectivity index (χ0n) is 11.0. The maximum Gasteiger partial charge on any atom is 0.243 e. The lowest BCUT2D eigenvalue weighted by molar-refractivity contribution is -0.101. The Morgan fingerprint density at radius 3 is 2.78 bits per heavy atom. The predicted molar refractivity (Wildman–Crippen MR) is 64.9 cm³/mol. The normalized spacial score (nSPS) is 20.8. The Morgan fingerprint density at radius 2 is 2.17 bits per heavy atom. The molecule has 0 spiro atoms. The van der Waals surface area contributed by atoms with Gasteiger partial charge in [-0.1, -0.05) is 18.5 Å². The number of nitrogens with zero attached hydrogens (tertiary/aromatic N) is 2. The summed E-state index contributed by atoms with van der Waals surface area (Å²) in [6, 6.07) is -0.190. The Hall–Kier alpha value is -0.980. The van der Waals surface area contributed by atoms with Crippen LogP contribution in [-0.2, 0) is 15.1 Å². The summed E-state index contributed by atoms with van der Waals surface area (Å²) in [7, 11) is 1.67. The summed E-state index contributed by atoms with van der Waals surface area (Å²) in [6.45, 7) is 3.38. The molecule has 1 atom stereocenters. The summed E-state index contributed by atoms with van der Waals surface area (Å²) in [5, 5.41) is 4.04. The van der Waals surface area contributed by atoms with Crippen molar-refractivity contribution in [2.75, 3.05) is 20.3 Å². The summed E-state index contributed by atoms with van der Waals surface area (Å²) in [6.07, 6.45) is 3.31. The van der Waals surface area contributed by atoms with E-state index in [9.17, 15) is 0 Å². The van der Waals surface area contributed by atoms with E-state index in [0.717, 1.165) is 25.7 Å². The van der Waals surface area contributed by atoms with Crippen LogP contribution in [0.15, 0.2) is 4.52 Å². The van der Waals surface area contributed by atoms with Gasteiger partial charge in [-0.3, -0.25) is 0 Å². The van der Waals surface area contributed by atoms with Crippen molar-refractivity contribution in [2.24, 2.45) is 5.73 Å². The Balaban J connectivity index is 2.16. The molecule has 102 valence electrons. The van der Waals surface area contributed by atoms with Crippen LogP contribution in [0.2, 0.25) is 0 Å². The SMILES string of the molecule is CCC[C@H](N)c1nc(C2(OC)CCOCC2)no1. The summed E-state index contributed by atoms with van der Waals surface area (Å²) < 4.78 is 16.2. The van der Waals surface area contributed by atoms with Crippen LogP contribution in [-0.4, -0.2) is 30.5 Å². The van der Waals surface area contributed by atoms with Gasteiger partial charge in [-0.25, -0.2) is 0 Å². The van der Waals surface area contributed by atoms with Gasteiger partial charge in [-0.2, -0.15) is 4.98 Å². The maximum absolute atomic E-state index is 5.97. The predicted octanol–water partition coefficient (Wildman–Crippen LogP) is 1.52. The van der Waals surface area contributed by atoms with E-state index in [1.165, 1.54) is 0 Å². The molecule has 1 aromatic rings. The van der Waals surface area contributed by atoms with Crippen molar-refractivity contribution in [3.05, 3.63) is 11.7 Å². The standard InChI is InChI=1S/C12H21N3O3/c1-3-4-9(13)10-14-11(15-18-10)12(16-2)5-7-17-8-6-12/h9H,3-8,13H2,1-2H3/t9-/m0/s1. The first-order valence-corrected chi connectivity index (χ1v) is 6.44. The van der Waals surface area contributed by atoms with Crippen molar-refractivity contribution in [1.29, 1.82) is 0 Å². The van der Waals surface area contributed by atoms with E-state index in [2.05, 4.69) is 17.1 Å². The molecule has 0 amide bonds. The summed E-state index contributed by atoms with van der Waals surface area (Å²) in [5.74, 6) is 1.09. The Kier molecular flexibility index (Phi) is 4.31. The lowest BCUT2D eigenvalue weighted by Gasteiger charge is -2.32. The van der Waals surface area contributed by atoms with Crippen LogP contribution in [0.25, 0.3) is 0 Å². The van der Waals surface area contributed by atoms with Gasteiger partial charge in [0.05, 0.1) is 6.04 Å². The second-order valence-corrected chi connectivity index (χ2v) is 4.66. The average molecular weight is 255 g/mol. The molecule has 0 aromatic carbocycles. The quantitative estimate of drug-likeness (QED) is 0.858. The van der Waals surface area contributed by atoms with Gasteiger partial charge in [0.15, 0.2) is 0 Å². The van der Waals surface area contributed by atoms with Crippen LogP contribution in [0.3, 0.4) is 0 Å². The average Bonchev–Trinajstić information content (AvgIpc) is 2.90. The van der Waals surface area contributed by atoms with Gasteiger partial charge in [0.25, 0.3) is 0 Å². The van der Waals surface area contributed by atoms with Crippen LogP contribution in [0.5, 0.6) is 0 Å². The summed E-state index contributed by atoms with van der Waals surface area (Å²) in [4.78, 5) is 4.41. The zero-order valence-corrected chi connectivity index (χ0v) is 11.0. The molecule has 2 rings (SSSR count). The van der Waals surface area contributed by atoms with Crippen LogP contribution < -0.4 is 5.73 Å². The minimum Gasteiger partial charge on any atom is -0.381 e. The number of rotatable bonds is 5. The molecule has 6 nitrogen and oxygen atoms in total. The van der Waals surface area contributed by atoms with Crippen molar-refractivity contribution in [1.82, 2.24) is 10.1 Å². The Morgan fingerprint density at radius 1 is 1.44 bits per heavy atom. The van der Waals surface area contributed by atoms with Gasteiger partial charge in [-0.05, 0) is 6.42 Å². The Labute approximate surface area is 107 Å². The fourth-order valence-electron chi connectivity index (χ4n) is 2.23. The van der Waals surface area contributed by atoms with Gasteiger partial charge in [-0.15, -0.1) is 0 Å². The minimum absolute atomic E-state index is 0.190. The molecule has 18 heavy (non-hydrogen) atoms. The van der Waals surface area contributed by atoms with E-state index in [1.807, 2.05) is 0 Å². The lowest BCUT2D eigenvalue weighted by atomic mass is 9.93. The highest BCUT2D eigenvalue weighted by molar-refractivity contribution is 5.04. The molecular weight excluding hydrogens is 234 g/mol. The molecule has 1 aliphatic heterocycles. The largest absolute Gasteiger partial charge is 0.381 e. The maximum atomic E-state index is 5.97. The van der Waals surface area contributed by atoms with Crippen LogP contribution in [0.1, 0.15) is 50.4 Å². The Bertz CT molecular complexity index is 374. The second kappa shape index (κ2) is 5.77. The highest BCUT2D eigenvalue weighted by Gasteiger charge is 2.39. The fraction of sp³-hybridized carbons (Fsp3) is 0.833. The highest BCUT2D eigenvalue weighted by Crippen LogP contribution is 2.34. The molecule has 0 bridgehead atoms. The molecule has 0 radical (unpaired) electrons. The highest BCUT2D eigenvalue weighted by atomic mass is 16.5. The first-order valence-electron chi connectivity index (χ1n) is 6.44. The first kappa shape index (κ1) is 13.5. The molecule has 0 aliphatic carbocycles. The van der Waals surface area contributed by atoms with Crippen LogP contribution in [0.4, 0.5) is 0 Å². The van der Waals surface area contributed by atoms with E-state index >= 15 is 0 Å². The smallest absolute Gasteiger partial charge is 0.243 e. The third kappa shape index (κ3) is 2.55. The van der Waals surface area contributed by atoms with Gasteiger partial charge < -0.3 is 19.7 Å². The number of hydrogen-bond acceptors (Lipinski definition) is 6. The monoisotopic (exact) mass is 255 g/mol. The molecule has 0 saturated carbocycles. The topological polar surface area (TPSA) is 83.4 Å². The van der Waals surface area contributed by atoms with E-state index in [4.69, 9.17) is 19.7 Å². The van der Waals surface area contributed by atoms with Crippen molar-refractivity contribution in [3.8, 4) is 0 Å². The number of ether oxygens (including phenoxy) is 2. The van der Waals surface area contributed by atoms with E-state index < -0.39 is 5.60 Å². The van der Waals surface area contributed by atoms with Gasteiger partial charge >= 0.3 is 0 Å². The van der Waals surface area contributed by atoms with E-state index in [-0.39, 0.29) is 6.04 Å². The van der Waals surface area contributed by atoms with Crippen LogP contribution in [0, 0.1) is 0 Å².